The van der Waals surface area contributed by atoms with E-state index in [2.05, 4.69) is 20.3 Å². The number of imidazole rings is 1. The van der Waals surface area contributed by atoms with Crippen LogP contribution in [-0.4, -0.2) is 36.7 Å². The van der Waals surface area contributed by atoms with E-state index >= 15 is 0 Å². The van der Waals surface area contributed by atoms with Gasteiger partial charge in [0.2, 0.25) is 0 Å². The summed E-state index contributed by atoms with van der Waals surface area (Å²) in [5.74, 6) is 0.677. The second kappa shape index (κ2) is 7.18. The zero-order valence-electron chi connectivity index (χ0n) is 13.6. The van der Waals surface area contributed by atoms with Crippen LogP contribution in [0.4, 0.5) is 5.82 Å². The topological polar surface area (TPSA) is 128 Å². The molecule has 1 unspecified atom stereocenters. The molecule has 0 bridgehead atoms. The van der Waals surface area contributed by atoms with Crippen molar-refractivity contribution in [3.05, 3.63) is 43.0 Å². The Morgan fingerprint density at radius 1 is 1.32 bits per heavy atom. The highest BCUT2D eigenvalue weighted by Gasteiger charge is 2.22. The van der Waals surface area contributed by atoms with Crippen LogP contribution in [0.3, 0.4) is 0 Å². The molecule has 0 saturated carbocycles. The second-order valence-electron chi connectivity index (χ2n) is 5.63. The Balaban J connectivity index is 1.59. The fourth-order valence-corrected chi connectivity index (χ4v) is 3.40. The highest BCUT2D eigenvalue weighted by Crippen LogP contribution is 2.41. The number of nitrogen functional groups attached to an aromatic ring is 1. The predicted octanol–water partition coefficient (Wildman–Crippen LogP) is 1.61. The summed E-state index contributed by atoms with van der Waals surface area (Å²) in [6.07, 6.45) is 2.82. The predicted molar refractivity (Wildman–Crippen MR) is 94.1 cm³/mol. The molecule has 0 saturated heterocycles. The van der Waals surface area contributed by atoms with Crippen LogP contribution >= 0.6 is 7.60 Å². The van der Waals surface area contributed by atoms with Crippen molar-refractivity contribution < 1.29 is 14.0 Å². The molecule has 2 heterocycles. The van der Waals surface area contributed by atoms with Crippen LogP contribution in [0.5, 0.6) is 5.75 Å². The lowest BCUT2D eigenvalue weighted by Crippen LogP contribution is -2.31. The summed E-state index contributed by atoms with van der Waals surface area (Å²) in [6, 6.07) is 8.43. The van der Waals surface area contributed by atoms with Crippen LogP contribution in [0.2, 0.25) is 0 Å². The van der Waals surface area contributed by atoms with E-state index in [0.29, 0.717) is 29.3 Å². The number of nitrogens with one attached hydrogen (secondary N) is 1. The SMILES string of the molecule is C[C@H](Cn1cnc2c(N)ncnc21)NCP(=O)(O)Oc1ccccc1. The first-order chi connectivity index (χ1) is 11.9. The molecule has 3 aromatic rings. The van der Waals surface area contributed by atoms with Crippen molar-refractivity contribution in [2.24, 2.45) is 0 Å². The molecule has 10 heteroatoms. The van der Waals surface area contributed by atoms with Gasteiger partial charge >= 0.3 is 7.60 Å². The van der Waals surface area contributed by atoms with Crippen molar-refractivity contribution >= 4 is 24.6 Å². The minimum atomic E-state index is -3.80. The van der Waals surface area contributed by atoms with Crippen LogP contribution in [0.15, 0.2) is 43.0 Å². The molecule has 2 atom stereocenters. The van der Waals surface area contributed by atoms with Crippen molar-refractivity contribution in [2.75, 3.05) is 12.0 Å². The molecular weight excluding hydrogens is 343 g/mol. The van der Waals surface area contributed by atoms with E-state index in [0.717, 1.165) is 0 Å². The molecule has 0 amide bonds. The van der Waals surface area contributed by atoms with E-state index in [-0.39, 0.29) is 12.3 Å². The third-order valence-corrected chi connectivity index (χ3v) is 4.61. The minimum Gasteiger partial charge on any atom is -0.424 e. The first-order valence-corrected chi connectivity index (χ1v) is 9.42. The number of nitrogens with two attached hydrogens (primary N) is 1. The molecule has 4 N–H and O–H groups in total. The molecule has 0 fully saturated rings. The molecule has 0 aliphatic heterocycles. The summed E-state index contributed by atoms with van der Waals surface area (Å²) in [5, 5.41) is 3.00. The Morgan fingerprint density at radius 3 is 2.84 bits per heavy atom. The van der Waals surface area contributed by atoms with Gasteiger partial charge in [-0.05, 0) is 19.1 Å². The van der Waals surface area contributed by atoms with E-state index in [4.69, 9.17) is 10.3 Å². The number of benzene rings is 1. The molecule has 1 aromatic carbocycles. The Kier molecular flexibility index (Phi) is 4.98. The van der Waals surface area contributed by atoms with Crippen molar-refractivity contribution in [2.45, 2.75) is 19.5 Å². The smallest absolute Gasteiger partial charge is 0.390 e. The Hall–Kier alpha value is -2.48. The summed E-state index contributed by atoms with van der Waals surface area (Å²) >= 11 is 0. The number of nitrogens with zero attached hydrogens (tertiary/aromatic N) is 4. The molecule has 2 aromatic heterocycles. The fourth-order valence-electron chi connectivity index (χ4n) is 2.34. The molecule has 0 aliphatic rings. The van der Waals surface area contributed by atoms with Crippen molar-refractivity contribution in [3.8, 4) is 5.75 Å². The molecule has 3 rings (SSSR count). The lowest BCUT2D eigenvalue weighted by Gasteiger charge is -2.18. The highest BCUT2D eigenvalue weighted by atomic mass is 31.2. The normalized spacial score (nSPS) is 15.0. The van der Waals surface area contributed by atoms with E-state index in [1.165, 1.54) is 6.33 Å². The quantitative estimate of drug-likeness (QED) is 0.541. The number of hydrogen-bond acceptors (Lipinski definition) is 7. The summed E-state index contributed by atoms with van der Waals surface area (Å²) in [6.45, 7) is 2.39. The van der Waals surface area contributed by atoms with Gasteiger partial charge in [0.25, 0.3) is 0 Å². The molecule has 132 valence electrons. The van der Waals surface area contributed by atoms with E-state index in [1.54, 1.807) is 36.7 Å². The highest BCUT2D eigenvalue weighted by molar-refractivity contribution is 7.53. The van der Waals surface area contributed by atoms with Gasteiger partial charge in [-0.2, -0.15) is 0 Å². The second-order valence-corrected chi connectivity index (χ2v) is 7.41. The van der Waals surface area contributed by atoms with Gasteiger partial charge in [0.05, 0.1) is 6.33 Å². The van der Waals surface area contributed by atoms with E-state index in [9.17, 15) is 9.46 Å². The van der Waals surface area contributed by atoms with Gasteiger partial charge in [-0.3, -0.25) is 0 Å². The average molecular weight is 362 g/mol. The maximum absolute atomic E-state index is 12.2. The van der Waals surface area contributed by atoms with Gasteiger partial charge in [0.15, 0.2) is 11.5 Å². The van der Waals surface area contributed by atoms with Gasteiger partial charge in [0.1, 0.15) is 23.9 Å². The van der Waals surface area contributed by atoms with E-state index < -0.39 is 7.60 Å². The Morgan fingerprint density at radius 2 is 2.08 bits per heavy atom. The Labute approximate surface area is 144 Å². The monoisotopic (exact) mass is 362 g/mol. The number of fused-ring (bicyclic) bond motifs is 1. The van der Waals surface area contributed by atoms with Gasteiger partial charge in [0, 0.05) is 12.6 Å². The lowest BCUT2D eigenvalue weighted by molar-refractivity contribution is 0.367. The summed E-state index contributed by atoms with van der Waals surface area (Å²) < 4.78 is 19.1. The van der Waals surface area contributed by atoms with Crippen molar-refractivity contribution in [1.82, 2.24) is 24.8 Å². The first kappa shape index (κ1) is 17.3. The largest absolute Gasteiger partial charge is 0.424 e. The van der Waals surface area contributed by atoms with Crippen LogP contribution in [0.1, 0.15) is 6.92 Å². The molecular formula is C15H19N6O3P. The van der Waals surface area contributed by atoms with Crippen LogP contribution in [0, 0.1) is 0 Å². The molecule has 9 nitrogen and oxygen atoms in total. The van der Waals surface area contributed by atoms with Gasteiger partial charge in [-0.1, -0.05) is 18.2 Å². The van der Waals surface area contributed by atoms with Gasteiger partial charge in [-0.15, -0.1) is 0 Å². The first-order valence-electron chi connectivity index (χ1n) is 7.66. The standard InChI is InChI=1S/C15H19N6O3P/c1-11(7-21-9-19-13-14(16)17-8-18-15(13)21)20-10-25(22,23)24-12-5-3-2-4-6-12/h2-6,8-9,11,20H,7,10H2,1H3,(H,22,23)(H2,16,17,18)/t11-/m1/s1. The minimum absolute atomic E-state index is 0.117. The Bertz CT molecular complexity index is 901. The number of para-hydroxylation sites is 1. The number of anilines is 1. The third-order valence-electron chi connectivity index (χ3n) is 3.53. The van der Waals surface area contributed by atoms with E-state index in [1.807, 2.05) is 11.5 Å². The zero-order valence-corrected chi connectivity index (χ0v) is 14.5. The van der Waals surface area contributed by atoms with Crippen LogP contribution in [0.25, 0.3) is 11.2 Å². The van der Waals surface area contributed by atoms with Crippen LogP contribution < -0.4 is 15.6 Å². The van der Waals surface area contributed by atoms with Gasteiger partial charge in [-0.25, -0.2) is 19.5 Å². The zero-order chi connectivity index (χ0) is 17.9. The number of rotatable bonds is 7. The maximum atomic E-state index is 12.2. The van der Waals surface area contributed by atoms with Crippen LogP contribution in [-0.2, 0) is 11.1 Å². The molecule has 0 radical (unpaired) electrons. The maximum Gasteiger partial charge on any atom is 0.390 e. The average Bonchev–Trinajstić information content (AvgIpc) is 2.98. The molecule has 0 aliphatic carbocycles. The lowest BCUT2D eigenvalue weighted by atomic mass is 10.3. The molecule has 0 spiro atoms. The van der Waals surface area contributed by atoms with Crippen molar-refractivity contribution in [3.63, 3.8) is 0 Å². The summed E-state index contributed by atoms with van der Waals surface area (Å²) in [5.41, 5.74) is 6.92. The molecule has 25 heavy (non-hydrogen) atoms. The number of aromatic nitrogens is 4. The van der Waals surface area contributed by atoms with Crippen molar-refractivity contribution in [1.29, 1.82) is 0 Å². The summed E-state index contributed by atoms with van der Waals surface area (Å²) in [7, 11) is -3.80. The third kappa shape index (κ3) is 4.33. The van der Waals surface area contributed by atoms with Gasteiger partial charge < -0.3 is 25.0 Å². The summed E-state index contributed by atoms with van der Waals surface area (Å²) in [4.78, 5) is 22.2. The fraction of sp³-hybridized carbons (Fsp3) is 0.267. The number of hydrogen-bond donors (Lipinski definition) is 3.